The lowest BCUT2D eigenvalue weighted by Crippen LogP contribution is -2.46. The van der Waals surface area contributed by atoms with Gasteiger partial charge >= 0.3 is 0 Å². The van der Waals surface area contributed by atoms with Crippen LogP contribution in [-0.2, 0) is 17.8 Å². The molecule has 1 aromatic heterocycles. The van der Waals surface area contributed by atoms with Crippen molar-refractivity contribution in [3.05, 3.63) is 35.5 Å². The first-order chi connectivity index (χ1) is 9.94. The zero-order valence-corrected chi connectivity index (χ0v) is 13.0. The summed E-state index contributed by atoms with van der Waals surface area (Å²) in [5, 5.41) is 4.52. The van der Waals surface area contributed by atoms with Gasteiger partial charge in [-0.05, 0) is 26.8 Å². The van der Waals surface area contributed by atoms with E-state index in [4.69, 9.17) is 0 Å². The first-order valence-electron chi connectivity index (χ1n) is 7.55. The minimum absolute atomic E-state index is 0.0304. The van der Waals surface area contributed by atoms with E-state index in [1.54, 1.807) is 0 Å². The molecule has 1 aromatic carbocycles. The van der Waals surface area contributed by atoms with Gasteiger partial charge in [0, 0.05) is 47.2 Å². The Labute approximate surface area is 125 Å². The lowest BCUT2D eigenvalue weighted by atomic mass is 10.0. The van der Waals surface area contributed by atoms with Gasteiger partial charge in [0.2, 0.25) is 5.91 Å². The Kier molecular flexibility index (Phi) is 3.49. The molecule has 4 heteroatoms. The average molecular weight is 285 g/mol. The minimum atomic E-state index is -0.0304. The molecule has 0 aliphatic carbocycles. The monoisotopic (exact) mass is 285 g/mol. The Morgan fingerprint density at radius 1 is 1.33 bits per heavy atom. The Hall–Kier alpha value is -1.81. The number of aromatic nitrogens is 1. The highest BCUT2D eigenvalue weighted by atomic mass is 16.2. The number of rotatable bonds is 2. The second-order valence-electron chi connectivity index (χ2n) is 6.80. The van der Waals surface area contributed by atoms with Crippen molar-refractivity contribution in [1.29, 1.82) is 0 Å². The molecule has 0 radical (unpaired) electrons. The van der Waals surface area contributed by atoms with Crippen LogP contribution in [0.25, 0.3) is 10.9 Å². The lowest BCUT2D eigenvalue weighted by molar-refractivity contribution is -0.131. The van der Waals surface area contributed by atoms with Gasteiger partial charge in [0.15, 0.2) is 0 Å². The number of fused-ring (bicyclic) bond motifs is 3. The number of carbonyl (C=O) groups is 1. The van der Waals surface area contributed by atoms with E-state index < -0.39 is 0 Å². The fourth-order valence-corrected chi connectivity index (χ4v) is 2.83. The average Bonchev–Trinajstić information content (AvgIpc) is 2.81. The van der Waals surface area contributed by atoms with Crippen molar-refractivity contribution in [3.8, 4) is 0 Å². The third-order valence-corrected chi connectivity index (χ3v) is 4.01. The number of amides is 1. The number of nitrogens with zero attached hydrogens (tertiary/aromatic N) is 1. The van der Waals surface area contributed by atoms with Gasteiger partial charge in [0.05, 0.1) is 6.54 Å². The molecule has 0 atom stereocenters. The van der Waals surface area contributed by atoms with Crippen LogP contribution in [-0.4, -0.2) is 34.4 Å². The second kappa shape index (κ2) is 5.19. The number of benzene rings is 1. The molecule has 1 aliphatic rings. The molecular weight excluding hydrogens is 262 g/mol. The standard InChI is InChI=1S/C17H23N3O/c1-17(2,3)18-10-16(21)20-9-8-15-13(11-20)12-6-4-5-7-14(12)19-15/h4-7,18-19H,8-11H2,1-3H3. The molecule has 0 unspecified atom stereocenters. The molecule has 21 heavy (non-hydrogen) atoms. The molecule has 1 amide bonds. The molecule has 2 N–H and O–H groups in total. The summed E-state index contributed by atoms with van der Waals surface area (Å²) in [6.07, 6.45) is 0.908. The van der Waals surface area contributed by atoms with Crippen molar-refractivity contribution >= 4 is 16.8 Å². The van der Waals surface area contributed by atoms with Crippen LogP contribution in [0, 0.1) is 0 Å². The van der Waals surface area contributed by atoms with Gasteiger partial charge in [-0.1, -0.05) is 18.2 Å². The van der Waals surface area contributed by atoms with Crippen LogP contribution in [0.15, 0.2) is 24.3 Å². The second-order valence-corrected chi connectivity index (χ2v) is 6.80. The lowest BCUT2D eigenvalue weighted by Gasteiger charge is -2.29. The first-order valence-corrected chi connectivity index (χ1v) is 7.55. The topological polar surface area (TPSA) is 48.1 Å². The van der Waals surface area contributed by atoms with Crippen molar-refractivity contribution in [3.63, 3.8) is 0 Å². The molecule has 0 bridgehead atoms. The summed E-state index contributed by atoms with van der Waals surface area (Å²) in [5.41, 5.74) is 3.70. The molecule has 4 nitrogen and oxygen atoms in total. The molecule has 2 heterocycles. The van der Waals surface area contributed by atoms with E-state index in [0.29, 0.717) is 13.1 Å². The van der Waals surface area contributed by atoms with Gasteiger partial charge in [0.1, 0.15) is 0 Å². The van der Waals surface area contributed by atoms with Crippen molar-refractivity contribution in [2.75, 3.05) is 13.1 Å². The Bertz CT molecular complexity index is 666. The van der Waals surface area contributed by atoms with Gasteiger partial charge in [-0.2, -0.15) is 0 Å². The van der Waals surface area contributed by atoms with Crippen LogP contribution < -0.4 is 5.32 Å². The summed E-state index contributed by atoms with van der Waals surface area (Å²) in [6.45, 7) is 8.15. The molecule has 0 spiro atoms. The summed E-state index contributed by atoms with van der Waals surface area (Å²) in [4.78, 5) is 17.8. The Morgan fingerprint density at radius 3 is 2.86 bits per heavy atom. The Morgan fingerprint density at radius 2 is 2.10 bits per heavy atom. The number of carbonyl (C=O) groups excluding carboxylic acids is 1. The Balaban J connectivity index is 1.76. The highest BCUT2D eigenvalue weighted by Gasteiger charge is 2.24. The fourth-order valence-electron chi connectivity index (χ4n) is 2.83. The van der Waals surface area contributed by atoms with Crippen molar-refractivity contribution < 1.29 is 4.79 Å². The van der Waals surface area contributed by atoms with Crippen LogP contribution in [0.1, 0.15) is 32.0 Å². The van der Waals surface area contributed by atoms with E-state index in [1.807, 2.05) is 11.0 Å². The maximum absolute atomic E-state index is 12.4. The predicted molar refractivity (Wildman–Crippen MR) is 85.2 cm³/mol. The number of aromatic amines is 1. The van der Waals surface area contributed by atoms with Gasteiger partial charge in [0.25, 0.3) is 0 Å². The van der Waals surface area contributed by atoms with Crippen LogP contribution in [0.2, 0.25) is 0 Å². The molecule has 0 saturated heterocycles. The minimum Gasteiger partial charge on any atom is -0.358 e. The van der Waals surface area contributed by atoms with E-state index in [1.165, 1.54) is 22.2 Å². The molecular formula is C17H23N3O. The third kappa shape index (κ3) is 2.95. The summed E-state index contributed by atoms with van der Waals surface area (Å²) in [7, 11) is 0. The van der Waals surface area contributed by atoms with Crippen LogP contribution >= 0.6 is 0 Å². The number of hydrogen-bond acceptors (Lipinski definition) is 2. The zero-order chi connectivity index (χ0) is 15.0. The van der Waals surface area contributed by atoms with Gasteiger partial charge in [-0.3, -0.25) is 4.79 Å². The third-order valence-electron chi connectivity index (χ3n) is 4.01. The smallest absolute Gasteiger partial charge is 0.236 e. The molecule has 2 aromatic rings. The molecule has 1 aliphatic heterocycles. The highest BCUT2D eigenvalue weighted by Crippen LogP contribution is 2.27. The maximum Gasteiger partial charge on any atom is 0.236 e. The number of para-hydroxylation sites is 1. The largest absolute Gasteiger partial charge is 0.358 e. The SMILES string of the molecule is CC(C)(C)NCC(=O)N1CCc2[nH]c3ccccc3c2C1. The quantitative estimate of drug-likeness (QED) is 0.890. The van der Waals surface area contributed by atoms with E-state index in [9.17, 15) is 4.79 Å². The van der Waals surface area contributed by atoms with E-state index >= 15 is 0 Å². The van der Waals surface area contributed by atoms with Crippen molar-refractivity contribution in [1.82, 2.24) is 15.2 Å². The summed E-state index contributed by atoms with van der Waals surface area (Å²) in [5.74, 6) is 0.181. The summed E-state index contributed by atoms with van der Waals surface area (Å²) >= 11 is 0. The molecule has 3 rings (SSSR count). The van der Waals surface area contributed by atoms with E-state index in [0.717, 1.165) is 13.0 Å². The number of H-pyrrole nitrogens is 1. The zero-order valence-electron chi connectivity index (χ0n) is 13.0. The fraction of sp³-hybridized carbons (Fsp3) is 0.471. The molecule has 0 saturated carbocycles. The first kappa shape index (κ1) is 14.1. The van der Waals surface area contributed by atoms with Gasteiger partial charge < -0.3 is 15.2 Å². The van der Waals surface area contributed by atoms with Crippen LogP contribution in [0.3, 0.4) is 0 Å². The van der Waals surface area contributed by atoms with Gasteiger partial charge in [-0.15, -0.1) is 0 Å². The van der Waals surface area contributed by atoms with E-state index in [2.05, 4.69) is 49.3 Å². The number of hydrogen-bond donors (Lipinski definition) is 2. The highest BCUT2D eigenvalue weighted by molar-refractivity contribution is 5.86. The number of nitrogens with one attached hydrogen (secondary N) is 2. The molecule has 112 valence electrons. The molecule has 0 fully saturated rings. The summed E-state index contributed by atoms with van der Waals surface area (Å²) < 4.78 is 0. The maximum atomic E-state index is 12.4. The van der Waals surface area contributed by atoms with Crippen molar-refractivity contribution in [2.45, 2.75) is 39.3 Å². The normalized spacial score (nSPS) is 15.3. The van der Waals surface area contributed by atoms with E-state index in [-0.39, 0.29) is 11.4 Å². The van der Waals surface area contributed by atoms with Crippen molar-refractivity contribution in [2.24, 2.45) is 0 Å². The van der Waals surface area contributed by atoms with Crippen LogP contribution in [0.5, 0.6) is 0 Å². The van der Waals surface area contributed by atoms with Crippen LogP contribution in [0.4, 0.5) is 0 Å². The predicted octanol–water partition coefficient (Wildman–Crippen LogP) is 2.44. The summed E-state index contributed by atoms with van der Waals surface area (Å²) in [6, 6.07) is 8.33. The van der Waals surface area contributed by atoms with Gasteiger partial charge in [-0.25, -0.2) is 0 Å².